The van der Waals surface area contributed by atoms with Gasteiger partial charge in [-0.05, 0) is 12.5 Å². The Labute approximate surface area is 114 Å². The largest absolute Gasteiger partial charge is 0.346 e. The maximum atomic E-state index is 11.7. The lowest BCUT2D eigenvalue weighted by Gasteiger charge is -2.06. The van der Waals surface area contributed by atoms with Gasteiger partial charge in [0, 0.05) is 23.6 Å². The van der Waals surface area contributed by atoms with Gasteiger partial charge in [0.2, 0.25) is 0 Å². The van der Waals surface area contributed by atoms with Gasteiger partial charge < -0.3 is 5.32 Å². The highest BCUT2D eigenvalue weighted by Crippen LogP contribution is 1.98. The van der Waals surface area contributed by atoms with Crippen LogP contribution in [0.2, 0.25) is 0 Å². The monoisotopic (exact) mass is 313 g/mol. The van der Waals surface area contributed by atoms with E-state index >= 15 is 0 Å². The molecule has 0 saturated heterocycles. The van der Waals surface area contributed by atoms with Crippen molar-refractivity contribution in [3.8, 4) is 0 Å². The number of nitrogens with one attached hydrogen (secondary N) is 1. The van der Waals surface area contributed by atoms with Crippen LogP contribution in [0, 0.1) is 0 Å². The topological polar surface area (TPSA) is 64.0 Å². The minimum atomic E-state index is -0.319. The highest BCUT2D eigenvalue weighted by molar-refractivity contribution is 9.11. The SMILES string of the molecule is C=C(Br)CNC(=O)c1ccc(=O)n(CCCC)n1. The van der Waals surface area contributed by atoms with Crippen LogP contribution in [-0.4, -0.2) is 22.2 Å². The predicted octanol–water partition coefficient (Wildman–Crippen LogP) is 1.68. The van der Waals surface area contributed by atoms with E-state index < -0.39 is 0 Å². The molecule has 1 aromatic heterocycles. The second-order valence-corrected chi connectivity index (χ2v) is 4.95. The predicted molar refractivity (Wildman–Crippen MR) is 73.8 cm³/mol. The molecule has 0 spiro atoms. The summed E-state index contributed by atoms with van der Waals surface area (Å²) in [4.78, 5) is 23.2. The minimum Gasteiger partial charge on any atom is -0.346 e. The Hall–Kier alpha value is -1.43. The zero-order valence-electron chi connectivity index (χ0n) is 10.3. The molecule has 98 valence electrons. The van der Waals surface area contributed by atoms with Gasteiger partial charge in [0.1, 0.15) is 5.69 Å². The molecule has 0 aliphatic carbocycles. The number of carbonyl (C=O) groups is 1. The van der Waals surface area contributed by atoms with E-state index in [1.807, 2.05) is 6.92 Å². The van der Waals surface area contributed by atoms with Crippen molar-refractivity contribution in [3.63, 3.8) is 0 Å². The van der Waals surface area contributed by atoms with Crippen LogP contribution in [0.15, 0.2) is 28.0 Å². The van der Waals surface area contributed by atoms with E-state index in [2.05, 4.69) is 32.9 Å². The number of unbranched alkanes of at least 4 members (excludes halogenated alkanes) is 1. The lowest BCUT2D eigenvalue weighted by molar-refractivity contribution is 0.0950. The maximum Gasteiger partial charge on any atom is 0.272 e. The van der Waals surface area contributed by atoms with Crippen LogP contribution in [0.1, 0.15) is 30.3 Å². The fraction of sp³-hybridized carbons (Fsp3) is 0.417. The van der Waals surface area contributed by atoms with Gasteiger partial charge in [-0.2, -0.15) is 5.10 Å². The Morgan fingerprint density at radius 2 is 2.28 bits per heavy atom. The average molecular weight is 314 g/mol. The molecule has 0 bridgehead atoms. The Bertz CT molecular complexity index is 496. The number of hydrogen-bond donors (Lipinski definition) is 1. The van der Waals surface area contributed by atoms with E-state index in [1.54, 1.807) is 0 Å². The van der Waals surface area contributed by atoms with Crippen molar-refractivity contribution in [3.05, 3.63) is 39.2 Å². The molecule has 0 unspecified atom stereocenters. The third kappa shape index (κ3) is 4.44. The molecule has 6 heteroatoms. The van der Waals surface area contributed by atoms with Crippen molar-refractivity contribution in [2.45, 2.75) is 26.3 Å². The van der Waals surface area contributed by atoms with Crippen LogP contribution < -0.4 is 10.9 Å². The van der Waals surface area contributed by atoms with Gasteiger partial charge in [-0.25, -0.2) is 4.68 Å². The highest BCUT2D eigenvalue weighted by Gasteiger charge is 2.08. The van der Waals surface area contributed by atoms with Gasteiger partial charge in [-0.15, -0.1) is 0 Å². The van der Waals surface area contributed by atoms with Crippen molar-refractivity contribution >= 4 is 21.8 Å². The number of amides is 1. The summed E-state index contributed by atoms with van der Waals surface area (Å²) in [5.41, 5.74) is 0.0457. The summed E-state index contributed by atoms with van der Waals surface area (Å²) in [7, 11) is 0. The van der Waals surface area contributed by atoms with Crippen molar-refractivity contribution < 1.29 is 4.79 Å². The van der Waals surface area contributed by atoms with Gasteiger partial charge in [-0.1, -0.05) is 35.9 Å². The van der Waals surface area contributed by atoms with Gasteiger partial charge in [-0.3, -0.25) is 9.59 Å². The zero-order chi connectivity index (χ0) is 13.5. The lowest BCUT2D eigenvalue weighted by atomic mass is 10.3. The van der Waals surface area contributed by atoms with Crippen LogP contribution in [-0.2, 0) is 6.54 Å². The third-order valence-corrected chi connectivity index (χ3v) is 2.54. The first-order valence-corrected chi connectivity index (χ1v) is 6.53. The Kier molecular flexibility index (Phi) is 5.77. The molecular weight excluding hydrogens is 298 g/mol. The molecule has 0 aliphatic heterocycles. The van der Waals surface area contributed by atoms with E-state index in [1.165, 1.54) is 16.8 Å². The van der Waals surface area contributed by atoms with Crippen LogP contribution in [0.5, 0.6) is 0 Å². The molecule has 0 aromatic carbocycles. The molecule has 0 radical (unpaired) electrons. The first-order chi connectivity index (χ1) is 8.54. The molecule has 0 saturated carbocycles. The second-order valence-electron chi connectivity index (χ2n) is 3.83. The highest BCUT2D eigenvalue weighted by atomic mass is 79.9. The normalized spacial score (nSPS) is 10.1. The molecular formula is C12H16BrN3O2. The number of nitrogens with zero attached hydrogens (tertiary/aromatic N) is 2. The minimum absolute atomic E-state index is 0.190. The Morgan fingerprint density at radius 3 is 2.89 bits per heavy atom. The van der Waals surface area contributed by atoms with Crippen LogP contribution >= 0.6 is 15.9 Å². The van der Waals surface area contributed by atoms with E-state index in [9.17, 15) is 9.59 Å². The molecule has 0 atom stereocenters. The fourth-order valence-electron chi connectivity index (χ4n) is 1.30. The summed E-state index contributed by atoms with van der Waals surface area (Å²) in [5, 5.41) is 6.67. The van der Waals surface area contributed by atoms with Crippen LogP contribution in [0.25, 0.3) is 0 Å². The molecule has 0 aliphatic rings. The molecule has 1 amide bonds. The molecule has 0 fully saturated rings. The Balaban J connectivity index is 2.80. The molecule has 18 heavy (non-hydrogen) atoms. The first kappa shape index (κ1) is 14.6. The summed E-state index contributed by atoms with van der Waals surface area (Å²) < 4.78 is 2.00. The fourth-order valence-corrected chi connectivity index (χ4v) is 1.45. The maximum absolute atomic E-state index is 11.7. The zero-order valence-corrected chi connectivity index (χ0v) is 11.9. The molecule has 1 aromatic rings. The van der Waals surface area contributed by atoms with Gasteiger partial charge in [0.15, 0.2) is 0 Å². The van der Waals surface area contributed by atoms with Gasteiger partial charge >= 0.3 is 0 Å². The van der Waals surface area contributed by atoms with Crippen LogP contribution in [0.3, 0.4) is 0 Å². The number of rotatable bonds is 6. The number of halogens is 1. The van der Waals surface area contributed by atoms with E-state index in [0.29, 0.717) is 17.6 Å². The van der Waals surface area contributed by atoms with Crippen molar-refractivity contribution in [2.75, 3.05) is 6.54 Å². The van der Waals surface area contributed by atoms with Crippen molar-refractivity contribution in [1.29, 1.82) is 0 Å². The lowest BCUT2D eigenvalue weighted by Crippen LogP contribution is -2.30. The van der Waals surface area contributed by atoms with Crippen LogP contribution in [0.4, 0.5) is 0 Å². The number of carbonyl (C=O) groups excluding carboxylic acids is 1. The molecule has 5 nitrogen and oxygen atoms in total. The third-order valence-electron chi connectivity index (χ3n) is 2.26. The number of aryl methyl sites for hydroxylation is 1. The quantitative estimate of drug-likeness (QED) is 0.869. The van der Waals surface area contributed by atoms with E-state index in [-0.39, 0.29) is 17.2 Å². The van der Waals surface area contributed by atoms with E-state index in [0.717, 1.165) is 12.8 Å². The smallest absolute Gasteiger partial charge is 0.272 e. The Morgan fingerprint density at radius 1 is 1.56 bits per heavy atom. The summed E-state index contributed by atoms with van der Waals surface area (Å²) in [6.45, 7) is 6.51. The van der Waals surface area contributed by atoms with Gasteiger partial charge in [0.25, 0.3) is 11.5 Å². The summed E-state index contributed by atoms with van der Waals surface area (Å²) in [5.74, 6) is -0.319. The average Bonchev–Trinajstić information content (AvgIpc) is 2.35. The first-order valence-electron chi connectivity index (χ1n) is 5.74. The molecule has 1 rings (SSSR count). The van der Waals surface area contributed by atoms with E-state index in [4.69, 9.17) is 0 Å². The molecule has 1 N–H and O–H groups in total. The van der Waals surface area contributed by atoms with Crippen molar-refractivity contribution in [1.82, 2.24) is 15.1 Å². The summed E-state index contributed by atoms with van der Waals surface area (Å²) in [6.07, 6.45) is 1.82. The second kappa shape index (κ2) is 7.10. The summed E-state index contributed by atoms with van der Waals surface area (Å²) in [6, 6.07) is 2.79. The summed E-state index contributed by atoms with van der Waals surface area (Å²) >= 11 is 3.15. The number of hydrogen-bond acceptors (Lipinski definition) is 3. The standard InChI is InChI=1S/C12H16BrN3O2/c1-3-4-7-16-11(17)6-5-10(15-16)12(18)14-8-9(2)13/h5-6H,2-4,7-8H2,1H3,(H,14,18). The van der Waals surface area contributed by atoms with Crippen molar-refractivity contribution in [2.24, 2.45) is 0 Å². The molecule has 1 heterocycles. The number of aromatic nitrogens is 2. The van der Waals surface area contributed by atoms with Gasteiger partial charge in [0.05, 0.1) is 0 Å².